The Morgan fingerprint density at radius 2 is 2.41 bits per heavy atom. The Hall–Kier alpha value is -1.51. The number of anilines is 1. The van der Waals surface area contributed by atoms with Gasteiger partial charge in [-0.25, -0.2) is 4.79 Å². The first-order chi connectivity index (χ1) is 10.6. The molecule has 1 saturated heterocycles. The number of morpholine rings is 1. The fourth-order valence-electron chi connectivity index (χ4n) is 2.26. The Bertz CT molecular complexity index is 643. The first-order valence-electron chi connectivity index (χ1n) is 7.15. The van der Waals surface area contributed by atoms with Crippen molar-refractivity contribution in [2.24, 2.45) is 0 Å². The minimum Gasteiger partial charge on any atom is -0.372 e. The number of rotatable bonds is 3. The van der Waals surface area contributed by atoms with Crippen LogP contribution >= 0.6 is 22.7 Å². The molecule has 0 aliphatic carbocycles. The average Bonchev–Trinajstić information content (AvgIpc) is 3.18. The van der Waals surface area contributed by atoms with Crippen molar-refractivity contribution in [2.75, 3.05) is 25.0 Å². The summed E-state index contributed by atoms with van der Waals surface area (Å²) in [6.07, 6.45) is 0.873. The number of amides is 2. The van der Waals surface area contributed by atoms with E-state index in [9.17, 15) is 4.79 Å². The second kappa shape index (κ2) is 6.31. The van der Waals surface area contributed by atoms with Crippen LogP contribution in [0.3, 0.4) is 0 Å². The summed E-state index contributed by atoms with van der Waals surface area (Å²) in [5, 5.41) is 16.4. The second-order valence-electron chi connectivity index (χ2n) is 5.43. The number of nitrogens with zero attached hydrogens (tertiary/aromatic N) is 3. The lowest BCUT2D eigenvalue weighted by Gasteiger charge is -2.39. The van der Waals surface area contributed by atoms with E-state index >= 15 is 0 Å². The number of carbonyl (C=O) groups excluding carboxylic acids is 1. The Labute approximate surface area is 137 Å². The fraction of sp³-hybridized carbons (Fsp3) is 0.500. The lowest BCUT2D eigenvalue weighted by molar-refractivity contribution is -0.0860. The van der Waals surface area contributed by atoms with Crippen LogP contribution in [-0.4, -0.2) is 46.4 Å². The molecule has 0 aromatic carbocycles. The van der Waals surface area contributed by atoms with E-state index in [0.717, 1.165) is 17.0 Å². The topological polar surface area (TPSA) is 67.4 Å². The molecule has 1 fully saturated rings. The number of nitrogens with one attached hydrogen (secondary N) is 1. The second-order valence-corrected chi connectivity index (χ2v) is 7.19. The number of aromatic nitrogens is 2. The molecule has 0 saturated carbocycles. The molecule has 22 heavy (non-hydrogen) atoms. The summed E-state index contributed by atoms with van der Waals surface area (Å²) in [6.45, 7) is 5.85. The van der Waals surface area contributed by atoms with Gasteiger partial charge in [0.1, 0.15) is 5.01 Å². The molecule has 0 unspecified atom stereocenters. The zero-order valence-corrected chi connectivity index (χ0v) is 14.2. The van der Waals surface area contributed by atoms with E-state index in [4.69, 9.17) is 4.74 Å². The van der Waals surface area contributed by atoms with Gasteiger partial charge in [0.2, 0.25) is 5.13 Å². The van der Waals surface area contributed by atoms with Crippen LogP contribution < -0.4 is 5.32 Å². The van der Waals surface area contributed by atoms with Crippen molar-refractivity contribution in [3.8, 4) is 10.6 Å². The Balaban J connectivity index is 1.64. The monoisotopic (exact) mass is 338 g/mol. The lowest BCUT2D eigenvalue weighted by Crippen LogP contribution is -2.53. The molecule has 2 aromatic heterocycles. The molecule has 1 aliphatic rings. The number of thiophene rings is 1. The molecule has 3 rings (SSSR count). The standard InChI is InChI=1S/C14H18N4O2S2/c1-3-14(2)9-18(5-6-20-14)13(19)15-12-17-16-11(22-12)10-4-7-21-8-10/h4,7-8H,3,5-6,9H2,1-2H3,(H,15,17,19)/t14-/m1/s1. The van der Waals surface area contributed by atoms with Crippen molar-refractivity contribution in [1.29, 1.82) is 0 Å². The predicted molar refractivity (Wildman–Crippen MR) is 88.5 cm³/mol. The Kier molecular flexibility index (Phi) is 4.42. The summed E-state index contributed by atoms with van der Waals surface area (Å²) < 4.78 is 5.75. The van der Waals surface area contributed by atoms with Crippen LogP contribution in [0, 0.1) is 0 Å². The Morgan fingerprint density at radius 3 is 3.14 bits per heavy atom. The summed E-state index contributed by atoms with van der Waals surface area (Å²) in [7, 11) is 0. The Morgan fingerprint density at radius 1 is 1.55 bits per heavy atom. The van der Waals surface area contributed by atoms with Crippen LogP contribution in [0.25, 0.3) is 10.6 Å². The largest absolute Gasteiger partial charge is 0.372 e. The molecule has 0 spiro atoms. The number of urea groups is 1. The van der Waals surface area contributed by atoms with Gasteiger partial charge in [-0.2, -0.15) is 11.3 Å². The lowest BCUT2D eigenvalue weighted by atomic mass is 10.0. The van der Waals surface area contributed by atoms with Crippen molar-refractivity contribution >= 4 is 33.8 Å². The van der Waals surface area contributed by atoms with Crippen LogP contribution in [-0.2, 0) is 4.74 Å². The van der Waals surface area contributed by atoms with Gasteiger partial charge in [-0.15, -0.1) is 10.2 Å². The highest BCUT2D eigenvalue weighted by Gasteiger charge is 2.32. The zero-order valence-electron chi connectivity index (χ0n) is 12.5. The quantitative estimate of drug-likeness (QED) is 0.932. The van der Waals surface area contributed by atoms with Gasteiger partial charge in [-0.3, -0.25) is 5.32 Å². The van der Waals surface area contributed by atoms with Crippen LogP contribution in [0.1, 0.15) is 20.3 Å². The van der Waals surface area contributed by atoms with Gasteiger partial charge in [0.05, 0.1) is 18.8 Å². The van der Waals surface area contributed by atoms with E-state index in [1.807, 2.05) is 23.8 Å². The highest BCUT2D eigenvalue weighted by Crippen LogP contribution is 2.28. The molecule has 1 aliphatic heterocycles. The van der Waals surface area contributed by atoms with E-state index < -0.39 is 0 Å². The molecule has 1 atom stereocenters. The van der Waals surface area contributed by atoms with Gasteiger partial charge < -0.3 is 9.64 Å². The summed E-state index contributed by atoms with van der Waals surface area (Å²) in [5.74, 6) is 0. The third kappa shape index (κ3) is 3.29. The fourth-order valence-corrected chi connectivity index (χ4v) is 3.71. The zero-order chi connectivity index (χ0) is 15.6. The van der Waals surface area contributed by atoms with Crippen LogP contribution in [0.15, 0.2) is 16.8 Å². The summed E-state index contributed by atoms with van der Waals surface area (Å²) in [5.41, 5.74) is 0.770. The van der Waals surface area contributed by atoms with Crippen LogP contribution in [0.5, 0.6) is 0 Å². The molecule has 118 valence electrons. The number of ether oxygens (including phenoxy) is 1. The molecule has 1 N–H and O–H groups in total. The van der Waals surface area contributed by atoms with Crippen molar-refractivity contribution in [1.82, 2.24) is 15.1 Å². The molecular formula is C14H18N4O2S2. The van der Waals surface area contributed by atoms with Crippen LogP contribution in [0.2, 0.25) is 0 Å². The van der Waals surface area contributed by atoms with Gasteiger partial charge >= 0.3 is 6.03 Å². The van der Waals surface area contributed by atoms with Gasteiger partial charge in [0.15, 0.2) is 0 Å². The third-order valence-corrected chi connectivity index (χ3v) is 5.35. The molecule has 3 heterocycles. The van der Waals surface area contributed by atoms with Crippen molar-refractivity contribution < 1.29 is 9.53 Å². The number of carbonyl (C=O) groups is 1. The summed E-state index contributed by atoms with van der Waals surface area (Å²) in [6, 6.07) is 1.85. The molecular weight excluding hydrogens is 320 g/mol. The van der Waals surface area contributed by atoms with E-state index in [1.54, 1.807) is 16.2 Å². The minimum atomic E-state index is -0.265. The van der Waals surface area contributed by atoms with Crippen molar-refractivity contribution in [2.45, 2.75) is 25.9 Å². The molecule has 2 aromatic rings. The van der Waals surface area contributed by atoms with E-state index in [2.05, 4.69) is 22.4 Å². The maximum Gasteiger partial charge on any atom is 0.323 e. The highest BCUT2D eigenvalue weighted by atomic mass is 32.1. The van der Waals surface area contributed by atoms with E-state index in [0.29, 0.717) is 24.8 Å². The van der Waals surface area contributed by atoms with Crippen molar-refractivity contribution in [3.05, 3.63) is 16.8 Å². The molecule has 8 heteroatoms. The number of hydrogen-bond acceptors (Lipinski definition) is 6. The van der Waals surface area contributed by atoms with Crippen molar-refractivity contribution in [3.63, 3.8) is 0 Å². The predicted octanol–water partition coefficient (Wildman–Crippen LogP) is 3.30. The summed E-state index contributed by atoms with van der Waals surface area (Å²) in [4.78, 5) is 14.1. The smallest absolute Gasteiger partial charge is 0.323 e. The first-order valence-corrected chi connectivity index (χ1v) is 8.91. The van der Waals surface area contributed by atoms with Gasteiger partial charge in [-0.1, -0.05) is 18.3 Å². The van der Waals surface area contributed by atoms with Crippen LogP contribution in [0.4, 0.5) is 9.93 Å². The number of hydrogen-bond donors (Lipinski definition) is 1. The van der Waals surface area contributed by atoms with Gasteiger partial charge in [0.25, 0.3) is 0 Å². The molecule has 6 nitrogen and oxygen atoms in total. The first kappa shape index (κ1) is 15.4. The molecule has 2 amide bonds. The van der Waals surface area contributed by atoms with Gasteiger partial charge in [0, 0.05) is 17.5 Å². The van der Waals surface area contributed by atoms with Gasteiger partial charge in [-0.05, 0) is 24.8 Å². The maximum absolute atomic E-state index is 12.4. The average molecular weight is 338 g/mol. The van der Waals surface area contributed by atoms with E-state index in [1.165, 1.54) is 11.3 Å². The highest BCUT2D eigenvalue weighted by molar-refractivity contribution is 7.19. The SMILES string of the molecule is CC[C@]1(C)CN(C(=O)Nc2nnc(-c3ccsc3)s2)CCO1. The normalized spacial score (nSPS) is 21.8. The molecule has 0 bridgehead atoms. The van der Waals surface area contributed by atoms with E-state index in [-0.39, 0.29) is 11.6 Å². The minimum absolute atomic E-state index is 0.143. The maximum atomic E-state index is 12.4. The summed E-state index contributed by atoms with van der Waals surface area (Å²) >= 11 is 3.00. The third-order valence-electron chi connectivity index (χ3n) is 3.78. The molecule has 0 radical (unpaired) electrons.